The van der Waals surface area contributed by atoms with Gasteiger partial charge >= 0.3 is 6.18 Å². The predicted octanol–water partition coefficient (Wildman–Crippen LogP) is 4.35. The Balaban J connectivity index is 1.41. The SMILES string of the molecule is CCC(CC(=O)Nc1ccc(C(F)(F)F)c(Cl)c1)c1cccc(NC2=CC(=O)N(C3CCC(=O)NC3=O)C2=O)c1. The molecule has 2 atom stereocenters. The third kappa shape index (κ3) is 6.33. The first-order valence-electron chi connectivity index (χ1n) is 12.3. The Morgan fingerprint density at radius 1 is 1.12 bits per heavy atom. The van der Waals surface area contributed by atoms with E-state index in [4.69, 9.17) is 11.6 Å². The van der Waals surface area contributed by atoms with E-state index in [1.54, 1.807) is 24.3 Å². The molecule has 0 radical (unpaired) electrons. The van der Waals surface area contributed by atoms with Gasteiger partial charge in [0.25, 0.3) is 11.8 Å². The Bertz CT molecular complexity index is 1430. The average molecular weight is 577 g/mol. The highest BCUT2D eigenvalue weighted by Gasteiger charge is 2.42. The van der Waals surface area contributed by atoms with Gasteiger partial charge in [0.05, 0.1) is 10.6 Å². The Morgan fingerprint density at radius 3 is 2.52 bits per heavy atom. The van der Waals surface area contributed by atoms with Gasteiger partial charge in [0.1, 0.15) is 11.7 Å². The second-order valence-electron chi connectivity index (χ2n) is 9.34. The van der Waals surface area contributed by atoms with Gasteiger partial charge < -0.3 is 10.6 Å². The predicted molar refractivity (Wildman–Crippen MR) is 139 cm³/mol. The zero-order valence-electron chi connectivity index (χ0n) is 21.1. The summed E-state index contributed by atoms with van der Waals surface area (Å²) in [5.41, 5.74) is 0.290. The lowest BCUT2D eigenvalue weighted by molar-refractivity contribution is -0.149. The van der Waals surface area contributed by atoms with Crippen LogP contribution in [0.25, 0.3) is 0 Å². The van der Waals surface area contributed by atoms with Gasteiger partial charge in [-0.15, -0.1) is 0 Å². The van der Waals surface area contributed by atoms with E-state index in [0.717, 1.165) is 34.7 Å². The number of carbonyl (C=O) groups excluding carboxylic acids is 5. The van der Waals surface area contributed by atoms with Crippen molar-refractivity contribution in [3.8, 4) is 0 Å². The molecule has 5 amide bonds. The van der Waals surface area contributed by atoms with Crippen LogP contribution >= 0.6 is 11.6 Å². The molecule has 0 bridgehead atoms. The fourth-order valence-corrected chi connectivity index (χ4v) is 4.87. The molecule has 1 saturated heterocycles. The molecule has 0 aromatic heterocycles. The van der Waals surface area contributed by atoms with E-state index in [2.05, 4.69) is 16.0 Å². The van der Waals surface area contributed by atoms with Crippen molar-refractivity contribution >= 4 is 52.5 Å². The molecule has 13 heteroatoms. The number of halogens is 4. The monoisotopic (exact) mass is 576 g/mol. The normalized spacial score (nSPS) is 18.4. The van der Waals surface area contributed by atoms with Crippen molar-refractivity contribution in [3.63, 3.8) is 0 Å². The third-order valence-corrected chi connectivity index (χ3v) is 6.91. The summed E-state index contributed by atoms with van der Waals surface area (Å²) in [7, 11) is 0. The van der Waals surface area contributed by atoms with Gasteiger partial charge in [-0.25, -0.2) is 0 Å². The Labute approximate surface area is 231 Å². The maximum absolute atomic E-state index is 12.9. The van der Waals surface area contributed by atoms with Gasteiger partial charge in [-0.2, -0.15) is 13.2 Å². The van der Waals surface area contributed by atoms with Crippen LogP contribution in [0, 0.1) is 0 Å². The van der Waals surface area contributed by atoms with Gasteiger partial charge in [0.2, 0.25) is 17.7 Å². The van der Waals surface area contributed by atoms with E-state index in [1.807, 2.05) is 6.92 Å². The highest BCUT2D eigenvalue weighted by atomic mass is 35.5. The summed E-state index contributed by atoms with van der Waals surface area (Å²) in [5.74, 6) is -3.26. The molecule has 2 aliphatic heterocycles. The highest BCUT2D eigenvalue weighted by molar-refractivity contribution is 6.31. The topological polar surface area (TPSA) is 125 Å². The quantitative estimate of drug-likeness (QED) is 0.401. The second-order valence-corrected chi connectivity index (χ2v) is 9.75. The highest BCUT2D eigenvalue weighted by Crippen LogP contribution is 2.36. The van der Waals surface area contributed by atoms with Crippen LogP contribution in [0.2, 0.25) is 5.02 Å². The number of alkyl halides is 3. The minimum atomic E-state index is -4.61. The van der Waals surface area contributed by atoms with Crippen molar-refractivity contribution in [1.82, 2.24) is 10.2 Å². The minimum Gasteiger partial charge on any atom is -0.351 e. The summed E-state index contributed by atoms with van der Waals surface area (Å²) in [6.07, 6.45) is -2.91. The first-order chi connectivity index (χ1) is 18.9. The summed E-state index contributed by atoms with van der Waals surface area (Å²) < 4.78 is 38.8. The molecular weight excluding hydrogens is 553 g/mol. The summed E-state index contributed by atoms with van der Waals surface area (Å²) >= 11 is 5.73. The van der Waals surface area contributed by atoms with Crippen LogP contribution in [-0.2, 0) is 30.1 Å². The lowest BCUT2D eigenvalue weighted by atomic mass is 9.92. The molecule has 210 valence electrons. The first-order valence-corrected chi connectivity index (χ1v) is 12.7. The molecule has 4 rings (SSSR count). The van der Waals surface area contributed by atoms with Crippen LogP contribution in [0.4, 0.5) is 24.5 Å². The van der Waals surface area contributed by atoms with Crippen LogP contribution in [0.3, 0.4) is 0 Å². The molecule has 2 unspecified atom stereocenters. The van der Waals surface area contributed by atoms with E-state index in [0.29, 0.717) is 12.1 Å². The number of nitrogens with one attached hydrogen (secondary N) is 3. The summed E-state index contributed by atoms with van der Waals surface area (Å²) in [6, 6.07) is 8.75. The molecule has 9 nitrogen and oxygen atoms in total. The number of piperidine rings is 1. The Hall–Kier alpha value is -4.19. The van der Waals surface area contributed by atoms with Gasteiger partial charge in [0, 0.05) is 30.3 Å². The van der Waals surface area contributed by atoms with Crippen LogP contribution in [-0.4, -0.2) is 40.5 Å². The van der Waals surface area contributed by atoms with Crippen LogP contribution < -0.4 is 16.0 Å². The summed E-state index contributed by atoms with van der Waals surface area (Å²) in [4.78, 5) is 62.5. The van der Waals surface area contributed by atoms with Crippen molar-refractivity contribution in [1.29, 1.82) is 0 Å². The number of hydrogen-bond acceptors (Lipinski definition) is 6. The van der Waals surface area contributed by atoms with E-state index < -0.39 is 52.3 Å². The zero-order chi connectivity index (χ0) is 29.2. The van der Waals surface area contributed by atoms with Gasteiger partial charge in [0.15, 0.2) is 0 Å². The second kappa shape index (κ2) is 11.5. The van der Waals surface area contributed by atoms with E-state index >= 15 is 0 Å². The molecule has 0 aliphatic carbocycles. The van der Waals surface area contributed by atoms with Crippen LogP contribution in [0.5, 0.6) is 0 Å². The molecule has 2 heterocycles. The summed E-state index contributed by atoms with van der Waals surface area (Å²) in [6.45, 7) is 1.87. The van der Waals surface area contributed by atoms with E-state index in [9.17, 15) is 37.1 Å². The van der Waals surface area contributed by atoms with Gasteiger partial charge in [-0.3, -0.25) is 34.2 Å². The number of nitrogens with zero attached hydrogens (tertiary/aromatic N) is 1. The largest absolute Gasteiger partial charge is 0.417 e. The number of carbonyl (C=O) groups is 5. The smallest absolute Gasteiger partial charge is 0.351 e. The van der Waals surface area contributed by atoms with Crippen molar-refractivity contribution in [2.45, 2.75) is 50.7 Å². The minimum absolute atomic E-state index is 0.0101. The maximum atomic E-state index is 12.9. The molecule has 2 aliphatic rings. The number of anilines is 2. The first kappa shape index (κ1) is 28.8. The van der Waals surface area contributed by atoms with Crippen molar-refractivity contribution in [2.75, 3.05) is 10.6 Å². The average Bonchev–Trinajstić information content (AvgIpc) is 3.14. The molecule has 3 N–H and O–H groups in total. The van der Waals surface area contributed by atoms with E-state index in [1.165, 1.54) is 0 Å². The molecule has 0 saturated carbocycles. The maximum Gasteiger partial charge on any atom is 0.417 e. The number of hydrogen-bond donors (Lipinski definition) is 3. The molecule has 40 heavy (non-hydrogen) atoms. The fourth-order valence-electron chi connectivity index (χ4n) is 4.58. The van der Waals surface area contributed by atoms with Crippen molar-refractivity contribution in [3.05, 3.63) is 70.4 Å². The molecule has 0 spiro atoms. The van der Waals surface area contributed by atoms with Gasteiger partial charge in [-0.05, 0) is 54.7 Å². The zero-order valence-corrected chi connectivity index (χ0v) is 21.9. The van der Waals surface area contributed by atoms with Crippen LogP contribution in [0.15, 0.2) is 54.2 Å². The number of imide groups is 2. The fraction of sp³-hybridized carbons (Fsp3) is 0.296. The molecule has 2 aromatic carbocycles. The Kier molecular flexibility index (Phi) is 8.29. The van der Waals surface area contributed by atoms with Crippen molar-refractivity contribution < 1.29 is 37.1 Å². The van der Waals surface area contributed by atoms with Crippen molar-refractivity contribution in [2.24, 2.45) is 0 Å². The van der Waals surface area contributed by atoms with Crippen LogP contribution in [0.1, 0.15) is 49.7 Å². The number of amides is 5. The molecule has 2 aromatic rings. The number of rotatable bonds is 8. The molecule has 1 fully saturated rings. The summed E-state index contributed by atoms with van der Waals surface area (Å²) in [5, 5.41) is 7.06. The lowest BCUT2D eigenvalue weighted by Gasteiger charge is -2.28. The van der Waals surface area contributed by atoms with Gasteiger partial charge in [-0.1, -0.05) is 30.7 Å². The standard InChI is InChI=1S/C27H24ClF3N4O5/c1-2-14(11-23(37)33-17-6-7-18(19(28)12-17)27(29,30)31)15-4-3-5-16(10-15)32-20-13-24(38)35(26(20)40)21-8-9-22(36)34-25(21)39/h3-7,10,12-14,21,32H,2,8-9,11H2,1H3,(H,33,37)(H,34,36,39). The molecular formula is C27H24ClF3N4O5. The Morgan fingerprint density at radius 2 is 1.88 bits per heavy atom. The number of benzene rings is 2. The van der Waals surface area contributed by atoms with E-state index in [-0.39, 0.29) is 36.6 Å². The third-order valence-electron chi connectivity index (χ3n) is 6.60. The lowest BCUT2D eigenvalue weighted by Crippen LogP contribution is -2.54.